The Balaban J connectivity index is 0.00000320. The molecule has 1 amide bonds. The Kier molecular flexibility index (Phi) is 7.32. The minimum Gasteiger partial charge on any atom is -0.440 e. The molecule has 10 heteroatoms. The van der Waals surface area contributed by atoms with Crippen LogP contribution in [0.5, 0.6) is 0 Å². The number of amides is 1. The van der Waals surface area contributed by atoms with E-state index in [9.17, 15) is 9.18 Å². The van der Waals surface area contributed by atoms with Crippen LogP contribution < -0.4 is 22.2 Å². The summed E-state index contributed by atoms with van der Waals surface area (Å²) < 4.78 is 19.9. The molecule has 0 saturated carbocycles. The lowest BCUT2D eigenvalue weighted by molar-refractivity contribution is 0.160. The average Bonchev–Trinajstić information content (AvgIpc) is 3.08. The number of ether oxygens (including phenoxy) is 1. The molecular formula is C20H26FN7O2. The van der Waals surface area contributed by atoms with Gasteiger partial charge in [-0.25, -0.2) is 20.1 Å². The molecule has 2 aromatic rings. The maximum atomic E-state index is 14.7. The Bertz CT molecular complexity index is 947. The van der Waals surface area contributed by atoms with Crippen molar-refractivity contribution in [2.24, 2.45) is 22.4 Å². The molecule has 0 aliphatic carbocycles. The third kappa shape index (κ3) is 4.84. The van der Waals surface area contributed by atoms with E-state index in [1.165, 1.54) is 28.5 Å². The van der Waals surface area contributed by atoms with E-state index in [2.05, 4.69) is 10.1 Å². The molecule has 1 unspecified atom stereocenters. The van der Waals surface area contributed by atoms with Gasteiger partial charge in [0.25, 0.3) is 0 Å². The van der Waals surface area contributed by atoms with Crippen molar-refractivity contribution >= 4 is 17.6 Å². The minimum atomic E-state index is -0.554. The van der Waals surface area contributed by atoms with Crippen molar-refractivity contribution in [3.63, 3.8) is 0 Å². The number of amidine groups is 1. The summed E-state index contributed by atoms with van der Waals surface area (Å²) in [6.45, 7) is 2.58. The molecule has 1 fully saturated rings. The highest BCUT2D eigenvalue weighted by atomic mass is 19.1. The number of aromatic nitrogens is 1. The van der Waals surface area contributed by atoms with Gasteiger partial charge in [-0.1, -0.05) is 13.5 Å². The van der Waals surface area contributed by atoms with Crippen LogP contribution in [0.4, 0.5) is 14.9 Å². The van der Waals surface area contributed by atoms with Gasteiger partial charge in [0.15, 0.2) is 5.84 Å². The van der Waals surface area contributed by atoms with Gasteiger partial charge in [-0.05, 0) is 43.5 Å². The number of hydrazine groups is 1. The fourth-order valence-corrected chi connectivity index (χ4v) is 2.79. The monoisotopic (exact) mass is 415 g/mol. The lowest BCUT2D eigenvalue weighted by Gasteiger charge is -2.14. The van der Waals surface area contributed by atoms with Gasteiger partial charge in [-0.3, -0.25) is 9.88 Å². The van der Waals surface area contributed by atoms with Crippen LogP contribution in [0.2, 0.25) is 0 Å². The van der Waals surface area contributed by atoms with Crippen molar-refractivity contribution in [3.8, 4) is 11.1 Å². The molecule has 0 spiro atoms. The largest absolute Gasteiger partial charge is 0.440 e. The van der Waals surface area contributed by atoms with Gasteiger partial charge in [0.05, 0.1) is 18.8 Å². The van der Waals surface area contributed by atoms with Crippen LogP contribution in [0.15, 0.2) is 53.9 Å². The number of rotatable bonds is 6. The van der Waals surface area contributed by atoms with E-state index in [1.807, 2.05) is 6.92 Å². The maximum Gasteiger partial charge on any atom is 0.415 e. The number of hydrogen-bond acceptors (Lipinski definition) is 7. The van der Waals surface area contributed by atoms with Crippen LogP contribution >= 0.6 is 0 Å². The summed E-state index contributed by atoms with van der Waals surface area (Å²) in [4.78, 5) is 17.6. The van der Waals surface area contributed by atoms with Gasteiger partial charge >= 0.3 is 6.09 Å². The normalized spacial score (nSPS) is 16.5. The summed E-state index contributed by atoms with van der Waals surface area (Å²) in [5.74, 6) is 5.26. The summed E-state index contributed by atoms with van der Waals surface area (Å²) >= 11 is 0. The minimum absolute atomic E-state index is 0. The van der Waals surface area contributed by atoms with Crippen molar-refractivity contribution in [1.82, 2.24) is 10.1 Å². The van der Waals surface area contributed by atoms with Crippen LogP contribution in [0.3, 0.4) is 0 Å². The molecule has 30 heavy (non-hydrogen) atoms. The summed E-state index contributed by atoms with van der Waals surface area (Å²) in [6, 6.07) is 7.82. The Morgan fingerprint density at radius 1 is 1.43 bits per heavy atom. The van der Waals surface area contributed by atoms with E-state index in [4.69, 9.17) is 22.0 Å². The molecular weight excluding hydrogens is 389 g/mol. The summed E-state index contributed by atoms with van der Waals surface area (Å²) in [7, 11) is 0. The number of benzene rings is 1. The molecule has 0 radical (unpaired) electrons. The van der Waals surface area contributed by atoms with Gasteiger partial charge in [0, 0.05) is 17.3 Å². The zero-order valence-electron chi connectivity index (χ0n) is 15.8. The molecule has 1 aliphatic heterocycles. The first-order valence-corrected chi connectivity index (χ1v) is 8.92. The highest BCUT2D eigenvalue weighted by molar-refractivity contribution is 5.95. The number of hydrogen-bond donors (Lipinski definition) is 3. The number of hydrazone groups is 1. The molecule has 9 nitrogen and oxygen atoms in total. The molecule has 3 rings (SSSR count). The molecule has 2 heterocycles. The first-order valence-electron chi connectivity index (χ1n) is 8.92. The van der Waals surface area contributed by atoms with E-state index < -0.39 is 18.0 Å². The molecule has 1 aromatic heterocycles. The van der Waals surface area contributed by atoms with Gasteiger partial charge in [-0.2, -0.15) is 0 Å². The third-order valence-electron chi connectivity index (χ3n) is 4.32. The molecule has 1 atom stereocenters. The van der Waals surface area contributed by atoms with Crippen LogP contribution in [0.1, 0.15) is 20.0 Å². The number of nitrogens with zero attached hydrogens (tertiary/aromatic N) is 4. The van der Waals surface area contributed by atoms with Crippen LogP contribution in [-0.2, 0) is 4.74 Å². The second-order valence-electron chi connectivity index (χ2n) is 6.25. The maximum absolute atomic E-state index is 14.7. The standard InChI is InChI=1S/C19H22FN7O2.CH4/c1-2-27(23)25-18(22)17-6-3-12(10-24-17)15-5-4-13(9-16(15)20)26-11-14(7-8-21)29-19(26)28;/h3-10,14H,2,11,21,23H2,1H3,(H2,22,25);1H4. The zero-order chi connectivity index (χ0) is 21.0. The Morgan fingerprint density at radius 3 is 2.80 bits per heavy atom. The van der Waals surface area contributed by atoms with Crippen LogP contribution in [0.25, 0.3) is 11.1 Å². The summed E-state index contributed by atoms with van der Waals surface area (Å²) in [5.41, 5.74) is 12.9. The van der Waals surface area contributed by atoms with Crippen LogP contribution in [-0.4, -0.2) is 41.2 Å². The highest BCUT2D eigenvalue weighted by Crippen LogP contribution is 2.29. The topological polar surface area (TPSA) is 136 Å². The average molecular weight is 415 g/mol. The Hall–Kier alpha value is -3.66. The van der Waals surface area contributed by atoms with Crippen molar-refractivity contribution in [1.29, 1.82) is 0 Å². The van der Waals surface area contributed by atoms with Crippen molar-refractivity contribution < 1.29 is 13.9 Å². The number of pyridine rings is 1. The Labute approximate surface area is 174 Å². The van der Waals surface area contributed by atoms with E-state index in [-0.39, 0.29) is 19.8 Å². The van der Waals surface area contributed by atoms with E-state index >= 15 is 0 Å². The first kappa shape index (κ1) is 22.6. The summed E-state index contributed by atoms with van der Waals surface area (Å²) in [6.07, 6.45) is 3.36. The molecule has 1 aromatic carbocycles. The van der Waals surface area contributed by atoms with Gasteiger partial charge < -0.3 is 16.2 Å². The predicted molar refractivity (Wildman–Crippen MR) is 115 cm³/mol. The number of anilines is 1. The van der Waals surface area contributed by atoms with Crippen LogP contribution in [0, 0.1) is 5.82 Å². The van der Waals surface area contributed by atoms with Gasteiger partial charge in [0.2, 0.25) is 0 Å². The van der Waals surface area contributed by atoms with E-state index in [1.54, 1.807) is 30.3 Å². The second-order valence-corrected chi connectivity index (χ2v) is 6.25. The molecule has 0 bridgehead atoms. The number of cyclic esters (lactones) is 1. The SMILES string of the molecule is C.CCN(N)/N=C(\N)c1ccc(-c2ccc(N3CC(C=CN)OC3=O)cc2F)cn1. The van der Waals surface area contributed by atoms with Crippen molar-refractivity contribution in [2.75, 3.05) is 18.0 Å². The predicted octanol–water partition coefficient (Wildman–Crippen LogP) is 2.14. The highest BCUT2D eigenvalue weighted by Gasteiger charge is 2.31. The van der Waals surface area contributed by atoms with E-state index in [0.29, 0.717) is 29.1 Å². The summed E-state index contributed by atoms with van der Waals surface area (Å²) in [5, 5.41) is 5.17. The lowest BCUT2D eigenvalue weighted by Crippen LogP contribution is -2.29. The van der Waals surface area contributed by atoms with Gasteiger partial charge in [0.1, 0.15) is 17.6 Å². The third-order valence-corrected chi connectivity index (χ3v) is 4.32. The number of carbonyl (C=O) groups is 1. The fraction of sp³-hybridized carbons (Fsp3) is 0.250. The number of halogens is 1. The number of carbonyl (C=O) groups excluding carboxylic acids is 1. The van der Waals surface area contributed by atoms with Crippen molar-refractivity contribution in [3.05, 3.63) is 60.3 Å². The quantitative estimate of drug-likeness (QED) is 0.284. The van der Waals surface area contributed by atoms with Gasteiger partial charge in [-0.15, -0.1) is 5.10 Å². The molecule has 1 aliphatic rings. The second kappa shape index (κ2) is 9.70. The lowest BCUT2D eigenvalue weighted by atomic mass is 10.1. The molecule has 1 saturated heterocycles. The Morgan fingerprint density at radius 2 is 2.20 bits per heavy atom. The molecule has 160 valence electrons. The van der Waals surface area contributed by atoms with E-state index in [0.717, 1.165) is 0 Å². The fourth-order valence-electron chi connectivity index (χ4n) is 2.79. The van der Waals surface area contributed by atoms with Crippen molar-refractivity contribution in [2.45, 2.75) is 20.5 Å². The first-order chi connectivity index (χ1) is 13.9. The zero-order valence-corrected chi connectivity index (χ0v) is 15.8. The molecule has 6 N–H and O–H groups in total. The smallest absolute Gasteiger partial charge is 0.415 e. The number of nitrogens with two attached hydrogens (primary N) is 3.